The summed E-state index contributed by atoms with van der Waals surface area (Å²) in [5.41, 5.74) is 0. The van der Waals surface area contributed by atoms with Crippen molar-refractivity contribution < 1.29 is 5.11 Å². The molecule has 64 valence electrons. The molecule has 0 radical (unpaired) electrons. The fraction of sp³-hybridized carbons (Fsp3) is 1.00. The molecule has 2 saturated heterocycles. The van der Waals surface area contributed by atoms with Gasteiger partial charge in [0.15, 0.2) is 0 Å². The number of thioether (sulfide) groups is 1. The van der Waals surface area contributed by atoms with E-state index in [4.69, 9.17) is 0 Å². The molecule has 0 aliphatic carbocycles. The van der Waals surface area contributed by atoms with Crippen molar-refractivity contribution in [2.75, 3.05) is 18.8 Å². The van der Waals surface area contributed by atoms with Crippen molar-refractivity contribution in [1.29, 1.82) is 0 Å². The highest BCUT2D eigenvalue weighted by molar-refractivity contribution is 8.00. The Bertz CT molecular complexity index is 151. The minimum Gasteiger partial charge on any atom is -0.392 e. The normalized spacial score (nSPS) is 39.8. The maximum atomic E-state index is 9.19. The molecule has 2 aliphatic rings. The highest BCUT2D eigenvalue weighted by Crippen LogP contribution is 2.37. The highest BCUT2D eigenvalue weighted by atomic mass is 32.2. The maximum Gasteiger partial charge on any atom is 0.0639 e. The van der Waals surface area contributed by atoms with Gasteiger partial charge in [-0.25, -0.2) is 0 Å². The molecule has 2 bridgehead atoms. The van der Waals surface area contributed by atoms with E-state index < -0.39 is 0 Å². The minimum atomic E-state index is -0.153. The molecule has 2 unspecified atom stereocenters. The summed E-state index contributed by atoms with van der Waals surface area (Å²) in [6.45, 7) is 3.96. The molecular formula is C8H15NOS. The Morgan fingerprint density at radius 1 is 1.73 bits per heavy atom. The highest BCUT2D eigenvalue weighted by Gasteiger charge is 2.38. The van der Waals surface area contributed by atoms with Gasteiger partial charge in [0.05, 0.1) is 6.10 Å². The monoisotopic (exact) mass is 173 g/mol. The molecular weight excluding hydrogens is 158 g/mol. The largest absolute Gasteiger partial charge is 0.392 e. The summed E-state index contributed by atoms with van der Waals surface area (Å²) >= 11 is 2.10. The summed E-state index contributed by atoms with van der Waals surface area (Å²) in [5.74, 6) is 1.29. The fourth-order valence-electron chi connectivity index (χ4n) is 2.04. The minimum absolute atomic E-state index is 0.153. The van der Waals surface area contributed by atoms with Crippen molar-refractivity contribution in [2.24, 2.45) is 0 Å². The lowest BCUT2D eigenvalue weighted by atomic mass is 10.2. The fourth-order valence-corrected chi connectivity index (χ4v) is 3.54. The van der Waals surface area contributed by atoms with Gasteiger partial charge in [-0.1, -0.05) is 0 Å². The van der Waals surface area contributed by atoms with E-state index in [-0.39, 0.29) is 6.10 Å². The predicted octanol–water partition coefficient (Wildman–Crippen LogP) is 0.557. The van der Waals surface area contributed by atoms with Gasteiger partial charge in [0.1, 0.15) is 0 Å². The summed E-state index contributed by atoms with van der Waals surface area (Å²) in [7, 11) is 0. The van der Waals surface area contributed by atoms with E-state index in [9.17, 15) is 5.11 Å². The smallest absolute Gasteiger partial charge is 0.0639 e. The van der Waals surface area contributed by atoms with Gasteiger partial charge < -0.3 is 5.11 Å². The van der Waals surface area contributed by atoms with Crippen LogP contribution < -0.4 is 0 Å². The summed E-state index contributed by atoms with van der Waals surface area (Å²) in [6, 6.07) is 0.777. The standard InChI is InChI=1S/C8H15NOS/c1-6(10)3-9-4-8-2-7(9)5-11-8/h6-8,10H,2-5H2,1H3/t6-,7?,8?/m0/s1. The maximum absolute atomic E-state index is 9.19. The van der Waals surface area contributed by atoms with E-state index in [1.165, 1.54) is 18.7 Å². The van der Waals surface area contributed by atoms with E-state index in [0.717, 1.165) is 17.8 Å². The Morgan fingerprint density at radius 3 is 3.00 bits per heavy atom. The Hall–Kier alpha value is 0.270. The first-order valence-corrected chi connectivity index (χ1v) is 5.34. The molecule has 3 heteroatoms. The average molecular weight is 173 g/mol. The molecule has 0 saturated carbocycles. The van der Waals surface area contributed by atoms with Gasteiger partial charge >= 0.3 is 0 Å². The molecule has 1 N–H and O–H groups in total. The predicted molar refractivity (Wildman–Crippen MR) is 47.9 cm³/mol. The third kappa shape index (κ3) is 1.55. The first-order valence-electron chi connectivity index (χ1n) is 4.29. The molecule has 0 aromatic carbocycles. The average Bonchev–Trinajstić information content (AvgIpc) is 2.45. The third-order valence-electron chi connectivity index (χ3n) is 2.51. The number of likely N-dealkylation sites (tertiary alicyclic amines) is 1. The second-order valence-electron chi connectivity index (χ2n) is 3.65. The Morgan fingerprint density at radius 2 is 2.55 bits per heavy atom. The van der Waals surface area contributed by atoms with Crippen molar-refractivity contribution in [2.45, 2.75) is 30.7 Å². The van der Waals surface area contributed by atoms with Crippen molar-refractivity contribution in [1.82, 2.24) is 4.90 Å². The van der Waals surface area contributed by atoms with Gasteiger partial charge in [-0.05, 0) is 13.3 Å². The number of aliphatic hydroxyl groups excluding tert-OH is 1. The Balaban J connectivity index is 1.87. The van der Waals surface area contributed by atoms with Crippen LogP contribution in [-0.2, 0) is 0 Å². The summed E-state index contributed by atoms with van der Waals surface area (Å²) < 4.78 is 0. The lowest BCUT2D eigenvalue weighted by Gasteiger charge is -2.27. The molecule has 0 spiro atoms. The van der Waals surface area contributed by atoms with Crippen LogP contribution in [0.15, 0.2) is 0 Å². The van der Waals surface area contributed by atoms with Crippen LogP contribution in [0.1, 0.15) is 13.3 Å². The van der Waals surface area contributed by atoms with E-state index in [0.29, 0.717) is 0 Å². The van der Waals surface area contributed by atoms with Crippen molar-refractivity contribution in [3.8, 4) is 0 Å². The first-order chi connectivity index (χ1) is 5.25. The first kappa shape index (κ1) is 7.90. The molecule has 0 aromatic rings. The second kappa shape index (κ2) is 2.96. The molecule has 3 atom stereocenters. The number of aliphatic hydroxyl groups is 1. The van der Waals surface area contributed by atoms with E-state index >= 15 is 0 Å². The Labute approximate surface area is 72.0 Å². The van der Waals surface area contributed by atoms with Crippen LogP contribution in [0.3, 0.4) is 0 Å². The zero-order chi connectivity index (χ0) is 7.84. The number of β-amino-alcohol motifs (C(OH)–C–C–N with tert-alkyl or cyclic N) is 1. The van der Waals surface area contributed by atoms with Crippen LogP contribution in [0.2, 0.25) is 0 Å². The van der Waals surface area contributed by atoms with Gasteiger partial charge in [0.2, 0.25) is 0 Å². The lowest BCUT2D eigenvalue weighted by Crippen LogP contribution is -2.38. The van der Waals surface area contributed by atoms with Gasteiger partial charge in [-0.15, -0.1) is 0 Å². The zero-order valence-electron chi connectivity index (χ0n) is 6.86. The van der Waals surface area contributed by atoms with Crippen LogP contribution >= 0.6 is 11.8 Å². The lowest BCUT2D eigenvalue weighted by molar-refractivity contribution is 0.123. The van der Waals surface area contributed by atoms with Crippen LogP contribution in [0.5, 0.6) is 0 Å². The SMILES string of the molecule is C[C@H](O)CN1CC2CC1CS2. The summed E-state index contributed by atoms with van der Waals surface area (Å²) in [5, 5.41) is 10.1. The van der Waals surface area contributed by atoms with E-state index in [2.05, 4.69) is 16.7 Å². The Kier molecular flexibility index (Phi) is 2.12. The topological polar surface area (TPSA) is 23.5 Å². The third-order valence-corrected chi connectivity index (χ3v) is 3.90. The number of hydrogen-bond acceptors (Lipinski definition) is 3. The van der Waals surface area contributed by atoms with E-state index in [1.807, 2.05) is 6.92 Å². The van der Waals surface area contributed by atoms with Gasteiger partial charge in [-0.3, -0.25) is 4.90 Å². The number of rotatable bonds is 2. The number of nitrogens with zero attached hydrogens (tertiary/aromatic N) is 1. The molecule has 2 fully saturated rings. The van der Waals surface area contributed by atoms with Crippen molar-refractivity contribution >= 4 is 11.8 Å². The quantitative estimate of drug-likeness (QED) is 0.660. The molecule has 2 aliphatic heterocycles. The molecule has 2 heterocycles. The van der Waals surface area contributed by atoms with Crippen LogP contribution in [-0.4, -0.2) is 46.2 Å². The number of hydrogen-bond donors (Lipinski definition) is 1. The molecule has 2 nitrogen and oxygen atoms in total. The van der Waals surface area contributed by atoms with E-state index in [1.54, 1.807) is 0 Å². The summed E-state index contributed by atoms with van der Waals surface area (Å²) in [4.78, 5) is 2.44. The molecule has 11 heavy (non-hydrogen) atoms. The van der Waals surface area contributed by atoms with Crippen LogP contribution in [0, 0.1) is 0 Å². The zero-order valence-corrected chi connectivity index (χ0v) is 7.68. The van der Waals surface area contributed by atoms with Gasteiger partial charge in [-0.2, -0.15) is 11.8 Å². The van der Waals surface area contributed by atoms with Crippen molar-refractivity contribution in [3.63, 3.8) is 0 Å². The van der Waals surface area contributed by atoms with Gasteiger partial charge in [0.25, 0.3) is 0 Å². The van der Waals surface area contributed by atoms with Gasteiger partial charge in [0, 0.05) is 30.1 Å². The molecule has 0 aromatic heterocycles. The second-order valence-corrected chi connectivity index (χ2v) is 4.98. The van der Waals surface area contributed by atoms with Crippen LogP contribution in [0.25, 0.3) is 0 Å². The molecule has 2 rings (SSSR count). The summed E-state index contributed by atoms with van der Waals surface area (Å²) in [6.07, 6.45) is 1.21. The van der Waals surface area contributed by atoms with Crippen LogP contribution in [0.4, 0.5) is 0 Å². The molecule has 0 amide bonds. The van der Waals surface area contributed by atoms with Crippen molar-refractivity contribution in [3.05, 3.63) is 0 Å². The number of fused-ring (bicyclic) bond motifs is 2.